The molecule has 2 aromatic carbocycles. The molecular formula is C22H27N3O4. The molecule has 0 radical (unpaired) electrons. The van der Waals surface area contributed by atoms with Crippen molar-refractivity contribution in [3.05, 3.63) is 53.6 Å². The predicted molar refractivity (Wildman–Crippen MR) is 113 cm³/mol. The third-order valence-electron chi connectivity index (χ3n) is 4.53. The van der Waals surface area contributed by atoms with E-state index < -0.39 is 0 Å². The minimum Gasteiger partial charge on any atom is -0.490 e. The maximum absolute atomic E-state index is 11.4. The van der Waals surface area contributed by atoms with E-state index in [-0.39, 0.29) is 12.4 Å². The predicted octanol–water partition coefficient (Wildman–Crippen LogP) is 3.28. The van der Waals surface area contributed by atoms with Gasteiger partial charge in [-0.25, -0.2) is 4.99 Å². The SMILES string of the molecule is COC(=O)CCNC(=NCc1ccccc1C)Nc1ccc2c(c1)OCCCO2. The molecule has 0 bridgehead atoms. The van der Waals surface area contributed by atoms with Crippen LogP contribution in [0.5, 0.6) is 11.5 Å². The summed E-state index contributed by atoms with van der Waals surface area (Å²) >= 11 is 0. The van der Waals surface area contributed by atoms with Crippen molar-refractivity contribution >= 4 is 17.6 Å². The number of guanidine groups is 1. The average molecular weight is 397 g/mol. The molecule has 0 saturated heterocycles. The van der Waals surface area contributed by atoms with Crippen LogP contribution in [0.25, 0.3) is 0 Å². The Hall–Kier alpha value is -3.22. The zero-order valence-electron chi connectivity index (χ0n) is 16.9. The molecule has 29 heavy (non-hydrogen) atoms. The summed E-state index contributed by atoms with van der Waals surface area (Å²) in [7, 11) is 1.38. The van der Waals surface area contributed by atoms with Crippen molar-refractivity contribution in [3.8, 4) is 11.5 Å². The second kappa shape index (κ2) is 10.4. The van der Waals surface area contributed by atoms with Crippen molar-refractivity contribution in [1.82, 2.24) is 5.32 Å². The average Bonchev–Trinajstić information content (AvgIpc) is 2.97. The van der Waals surface area contributed by atoms with E-state index in [0.29, 0.717) is 38.0 Å². The number of benzene rings is 2. The number of nitrogens with zero attached hydrogens (tertiary/aromatic N) is 1. The second-order valence-corrected chi connectivity index (χ2v) is 6.68. The highest BCUT2D eigenvalue weighted by Crippen LogP contribution is 2.32. The van der Waals surface area contributed by atoms with Crippen molar-refractivity contribution in [3.63, 3.8) is 0 Å². The molecule has 154 valence electrons. The Balaban J connectivity index is 1.73. The van der Waals surface area contributed by atoms with Crippen LogP contribution in [-0.2, 0) is 16.1 Å². The summed E-state index contributed by atoms with van der Waals surface area (Å²) < 4.78 is 16.1. The van der Waals surface area contributed by atoms with Crippen molar-refractivity contribution in [2.45, 2.75) is 26.3 Å². The highest BCUT2D eigenvalue weighted by atomic mass is 16.5. The highest BCUT2D eigenvalue weighted by Gasteiger charge is 2.12. The Morgan fingerprint density at radius 2 is 1.93 bits per heavy atom. The van der Waals surface area contributed by atoms with Crippen molar-refractivity contribution in [2.75, 3.05) is 32.2 Å². The number of hydrogen-bond donors (Lipinski definition) is 2. The molecule has 0 amide bonds. The van der Waals surface area contributed by atoms with Crippen LogP contribution in [0.2, 0.25) is 0 Å². The molecule has 2 aromatic rings. The topological polar surface area (TPSA) is 81.2 Å². The Labute approximate surface area is 171 Å². The van der Waals surface area contributed by atoms with Gasteiger partial charge in [0.15, 0.2) is 17.5 Å². The number of aliphatic imine (C=N–C) groups is 1. The fraction of sp³-hybridized carbons (Fsp3) is 0.364. The van der Waals surface area contributed by atoms with Gasteiger partial charge >= 0.3 is 5.97 Å². The molecule has 0 fully saturated rings. The van der Waals surface area contributed by atoms with Gasteiger partial charge in [-0.3, -0.25) is 4.79 Å². The van der Waals surface area contributed by atoms with Gasteiger partial charge in [-0.05, 0) is 30.2 Å². The molecule has 0 aliphatic carbocycles. The molecule has 1 aliphatic rings. The summed E-state index contributed by atoms with van der Waals surface area (Å²) in [6, 6.07) is 13.8. The molecule has 7 heteroatoms. The van der Waals surface area contributed by atoms with E-state index in [0.717, 1.165) is 23.4 Å². The first kappa shape index (κ1) is 20.5. The monoisotopic (exact) mass is 397 g/mol. The Kier molecular flexibility index (Phi) is 7.33. The van der Waals surface area contributed by atoms with E-state index in [1.54, 1.807) is 0 Å². The summed E-state index contributed by atoms with van der Waals surface area (Å²) in [6.07, 6.45) is 1.11. The fourth-order valence-corrected chi connectivity index (χ4v) is 2.85. The van der Waals surface area contributed by atoms with Gasteiger partial charge in [0.2, 0.25) is 0 Å². The first-order chi connectivity index (χ1) is 14.2. The van der Waals surface area contributed by atoms with Gasteiger partial charge in [-0.2, -0.15) is 0 Å². The molecule has 0 saturated carbocycles. The Morgan fingerprint density at radius 1 is 1.14 bits per heavy atom. The number of methoxy groups -OCH3 is 1. The van der Waals surface area contributed by atoms with Gasteiger partial charge in [-0.1, -0.05) is 24.3 Å². The van der Waals surface area contributed by atoms with Crippen LogP contribution in [0.3, 0.4) is 0 Å². The Bertz CT molecular complexity index is 867. The highest BCUT2D eigenvalue weighted by molar-refractivity contribution is 5.94. The lowest BCUT2D eigenvalue weighted by atomic mass is 10.1. The Morgan fingerprint density at radius 3 is 2.72 bits per heavy atom. The molecule has 1 heterocycles. The number of anilines is 1. The van der Waals surface area contributed by atoms with Gasteiger partial charge in [-0.15, -0.1) is 0 Å². The number of nitrogens with one attached hydrogen (secondary N) is 2. The molecule has 0 aromatic heterocycles. The summed E-state index contributed by atoms with van der Waals surface area (Å²) in [4.78, 5) is 16.1. The second-order valence-electron chi connectivity index (χ2n) is 6.68. The van der Waals surface area contributed by atoms with Crippen LogP contribution in [-0.4, -0.2) is 38.8 Å². The standard InChI is InChI=1S/C22H27N3O4/c1-16-6-3-4-7-17(16)15-24-22(23-11-10-21(26)27-2)25-18-8-9-19-20(14-18)29-13-5-12-28-19/h3-4,6-9,14H,5,10-13,15H2,1-2H3,(H2,23,24,25). The zero-order valence-corrected chi connectivity index (χ0v) is 16.9. The normalized spacial score (nSPS) is 13.4. The first-order valence-corrected chi connectivity index (χ1v) is 9.72. The van der Waals surface area contributed by atoms with Crippen LogP contribution in [0.4, 0.5) is 5.69 Å². The van der Waals surface area contributed by atoms with E-state index in [1.165, 1.54) is 12.7 Å². The van der Waals surface area contributed by atoms with E-state index in [9.17, 15) is 4.79 Å². The van der Waals surface area contributed by atoms with Gasteiger partial charge in [0.25, 0.3) is 0 Å². The summed E-state index contributed by atoms with van der Waals surface area (Å²) in [5, 5.41) is 6.46. The third-order valence-corrected chi connectivity index (χ3v) is 4.53. The number of carbonyl (C=O) groups is 1. The zero-order chi connectivity index (χ0) is 20.5. The summed E-state index contributed by atoms with van der Waals surface area (Å²) in [6.45, 7) is 4.27. The van der Waals surface area contributed by atoms with E-state index in [2.05, 4.69) is 34.7 Å². The van der Waals surface area contributed by atoms with E-state index in [4.69, 9.17) is 14.2 Å². The third kappa shape index (κ3) is 6.14. The lowest BCUT2D eigenvalue weighted by Gasteiger charge is -2.14. The van der Waals surface area contributed by atoms with Crippen LogP contribution < -0.4 is 20.1 Å². The van der Waals surface area contributed by atoms with Crippen LogP contribution in [0.1, 0.15) is 24.0 Å². The largest absolute Gasteiger partial charge is 0.490 e. The first-order valence-electron chi connectivity index (χ1n) is 9.72. The number of esters is 1. The lowest BCUT2D eigenvalue weighted by Crippen LogP contribution is -2.32. The molecule has 3 rings (SSSR count). The summed E-state index contributed by atoms with van der Waals surface area (Å²) in [5.74, 6) is 1.75. The van der Waals surface area contributed by atoms with Crippen LogP contribution in [0.15, 0.2) is 47.5 Å². The number of fused-ring (bicyclic) bond motifs is 1. The van der Waals surface area contributed by atoms with Gasteiger partial charge in [0, 0.05) is 24.7 Å². The summed E-state index contributed by atoms with van der Waals surface area (Å²) in [5.41, 5.74) is 3.14. The molecule has 0 unspecified atom stereocenters. The molecule has 7 nitrogen and oxygen atoms in total. The quantitative estimate of drug-likeness (QED) is 0.442. The van der Waals surface area contributed by atoms with Gasteiger partial charge < -0.3 is 24.8 Å². The van der Waals surface area contributed by atoms with E-state index >= 15 is 0 Å². The number of rotatable bonds is 6. The number of aryl methyl sites for hydroxylation is 1. The van der Waals surface area contributed by atoms with E-state index in [1.807, 2.05) is 30.3 Å². The maximum atomic E-state index is 11.4. The minimum absolute atomic E-state index is 0.253. The molecular weight excluding hydrogens is 370 g/mol. The van der Waals surface area contributed by atoms with Crippen molar-refractivity contribution in [2.24, 2.45) is 4.99 Å². The smallest absolute Gasteiger partial charge is 0.307 e. The molecule has 1 aliphatic heterocycles. The number of hydrogen-bond acceptors (Lipinski definition) is 5. The van der Waals surface area contributed by atoms with Crippen LogP contribution in [0, 0.1) is 6.92 Å². The van der Waals surface area contributed by atoms with Crippen molar-refractivity contribution < 1.29 is 19.0 Å². The fourth-order valence-electron chi connectivity index (χ4n) is 2.85. The maximum Gasteiger partial charge on any atom is 0.307 e. The number of ether oxygens (including phenoxy) is 3. The lowest BCUT2D eigenvalue weighted by molar-refractivity contribution is -0.140. The van der Waals surface area contributed by atoms with Gasteiger partial charge in [0.1, 0.15) is 0 Å². The molecule has 0 atom stereocenters. The molecule has 0 spiro atoms. The van der Waals surface area contributed by atoms with Crippen molar-refractivity contribution in [1.29, 1.82) is 0 Å². The van der Waals surface area contributed by atoms with Crippen LogP contribution >= 0.6 is 0 Å². The van der Waals surface area contributed by atoms with Gasteiger partial charge in [0.05, 0.1) is 33.3 Å². The number of carbonyl (C=O) groups excluding carboxylic acids is 1. The molecule has 2 N–H and O–H groups in total. The minimum atomic E-state index is -0.272.